The maximum atomic E-state index is 10.4. The van der Waals surface area contributed by atoms with Crippen LogP contribution in [0.2, 0.25) is 0 Å². The van der Waals surface area contributed by atoms with E-state index in [1.807, 2.05) is 0 Å². The summed E-state index contributed by atoms with van der Waals surface area (Å²) in [5.41, 5.74) is 4.77. The van der Waals surface area contributed by atoms with Gasteiger partial charge in [0.25, 0.3) is 5.70 Å². The molecule has 7 nitrogen and oxygen atoms in total. The van der Waals surface area contributed by atoms with Crippen molar-refractivity contribution in [1.82, 2.24) is 0 Å². The second-order valence-electron chi connectivity index (χ2n) is 2.70. The van der Waals surface area contributed by atoms with E-state index in [4.69, 9.17) is 17.3 Å². The third-order valence-electron chi connectivity index (χ3n) is 1.77. The maximum absolute atomic E-state index is 10.4. The van der Waals surface area contributed by atoms with Gasteiger partial charge in [-0.05, 0) is 0 Å². The van der Waals surface area contributed by atoms with E-state index in [9.17, 15) is 20.2 Å². The standard InChI is InChI=1S/C6H6ClN3O4/c7-6-4(8)1-3(9(11)12)2-5(6)10(13)14/h1,3H,2,8H2. The molecule has 0 spiro atoms. The van der Waals surface area contributed by atoms with Crippen LogP contribution in [-0.4, -0.2) is 15.9 Å². The van der Waals surface area contributed by atoms with Crippen LogP contribution in [0.15, 0.2) is 22.5 Å². The molecule has 14 heavy (non-hydrogen) atoms. The van der Waals surface area contributed by atoms with Gasteiger partial charge in [-0.3, -0.25) is 20.2 Å². The van der Waals surface area contributed by atoms with E-state index in [0.29, 0.717) is 0 Å². The molecule has 1 aliphatic carbocycles. The number of halogens is 1. The monoisotopic (exact) mass is 219 g/mol. The lowest BCUT2D eigenvalue weighted by Crippen LogP contribution is -2.25. The summed E-state index contributed by atoms with van der Waals surface area (Å²) in [5, 5.41) is 20.6. The summed E-state index contributed by atoms with van der Waals surface area (Å²) in [5.74, 6) is 0. The van der Waals surface area contributed by atoms with Crippen LogP contribution in [0.1, 0.15) is 6.42 Å². The molecule has 0 bridgehead atoms. The van der Waals surface area contributed by atoms with E-state index in [1.54, 1.807) is 0 Å². The molecule has 0 aliphatic heterocycles. The van der Waals surface area contributed by atoms with Crippen LogP contribution >= 0.6 is 11.6 Å². The molecule has 0 aromatic heterocycles. The highest BCUT2D eigenvalue weighted by atomic mass is 35.5. The van der Waals surface area contributed by atoms with E-state index in [1.165, 1.54) is 0 Å². The van der Waals surface area contributed by atoms with Crippen LogP contribution in [0.4, 0.5) is 0 Å². The van der Waals surface area contributed by atoms with Crippen LogP contribution < -0.4 is 5.73 Å². The van der Waals surface area contributed by atoms with Crippen LogP contribution in [0.25, 0.3) is 0 Å². The summed E-state index contributed by atoms with van der Waals surface area (Å²) in [6.07, 6.45) is 0.773. The molecule has 1 aliphatic rings. The molecule has 0 aromatic carbocycles. The van der Waals surface area contributed by atoms with Crippen molar-refractivity contribution in [2.24, 2.45) is 5.73 Å². The Morgan fingerprint density at radius 2 is 2.07 bits per heavy atom. The first kappa shape index (κ1) is 10.5. The lowest BCUT2D eigenvalue weighted by Gasteiger charge is -2.11. The van der Waals surface area contributed by atoms with Crippen LogP contribution in [0.3, 0.4) is 0 Å². The van der Waals surface area contributed by atoms with E-state index >= 15 is 0 Å². The molecule has 1 rings (SSSR count). The van der Waals surface area contributed by atoms with Crippen molar-refractivity contribution < 1.29 is 9.85 Å². The SMILES string of the molecule is NC1=CC([N+](=O)[O-])CC([N+](=O)[O-])=C1Cl. The molecule has 0 radical (unpaired) electrons. The second kappa shape index (κ2) is 3.62. The van der Waals surface area contributed by atoms with Crippen molar-refractivity contribution in [3.63, 3.8) is 0 Å². The van der Waals surface area contributed by atoms with Gasteiger partial charge in [-0.15, -0.1) is 0 Å². The Morgan fingerprint density at radius 3 is 2.50 bits per heavy atom. The van der Waals surface area contributed by atoms with Gasteiger partial charge in [-0.2, -0.15) is 0 Å². The third kappa shape index (κ3) is 1.82. The van der Waals surface area contributed by atoms with Crippen molar-refractivity contribution in [1.29, 1.82) is 0 Å². The first-order chi connectivity index (χ1) is 6.43. The minimum atomic E-state index is -1.17. The minimum Gasteiger partial charge on any atom is -0.397 e. The van der Waals surface area contributed by atoms with E-state index in [2.05, 4.69) is 0 Å². The molecule has 0 saturated heterocycles. The number of nitro groups is 2. The van der Waals surface area contributed by atoms with Crippen molar-refractivity contribution in [2.45, 2.75) is 12.5 Å². The molecule has 0 aromatic rings. The lowest BCUT2D eigenvalue weighted by molar-refractivity contribution is -0.518. The summed E-state index contributed by atoms with van der Waals surface area (Å²) >= 11 is 5.52. The fraction of sp³-hybridized carbons (Fsp3) is 0.333. The van der Waals surface area contributed by atoms with Crippen molar-refractivity contribution in [3.05, 3.63) is 42.7 Å². The highest BCUT2D eigenvalue weighted by molar-refractivity contribution is 6.32. The number of hydrogen-bond acceptors (Lipinski definition) is 5. The van der Waals surface area contributed by atoms with Crippen LogP contribution in [0, 0.1) is 20.2 Å². The predicted molar refractivity (Wildman–Crippen MR) is 47.5 cm³/mol. The zero-order chi connectivity index (χ0) is 10.9. The summed E-state index contributed by atoms with van der Waals surface area (Å²) in [6, 6.07) is -1.17. The highest BCUT2D eigenvalue weighted by Crippen LogP contribution is 2.26. The van der Waals surface area contributed by atoms with Gasteiger partial charge in [0.05, 0.1) is 10.6 Å². The number of nitrogens with zero attached hydrogens (tertiary/aromatic N) is 2. The van der Waals surface area contributed by atoms with Gasteiger partial charge >= 0.3 is 0 Å². The Bertz CT molecular complexity index is 362. The van der Waals surface area contributed by atoms with Crippen molar-refractivity contribution >= 4 is 11.6 Å². The molecule has 0 heterocycles. The average molecular weight is 220 g/mol. The molecule has 2 N–H and O–H groups in total. The first-order valence-electron chi connectivity index (χ1n) is 3.57. The van der Waals surface area contributed by atoms with Gasteiger partial charge in [0, 0.05) is 11.0 Å². The van der Waals surface area contributed by atoms with E-state index in [-0.39, 0.29) is 17.2 Å². The Morgan fingerprint density at radius 1 is 1.50 bits per heavy atom. The Kier molecular flexibility index (Phi) is 2.70. The van der Waals surface area contributed by atoms with Crippen molar-refractivity contribution in [3.8, 4) is 0 Å². The molecular weight excluding hydrogens is 214 g/mol. The smallest absolute Gasteiger partial charge is 0.274 e. The highest BCUT2D eigenvalue weighted by Gasteiger charge is 2.33. The third-order valence-corrected chi connectivity index (χ3v) is 2.21. The summed E-state index contributed by atoms with van der Waals surface area (Å²) in [4.78, 5) is 19.4. The molecular formula is C6H6ClN3O4. The summed E-state index contributed by atoms with van der Waals surface area (Å²) < 4.78 is 0. The van der Waals surface area contributed by atoms with Gasteiger partial charge in [-0.25, -0.2) is 0 Å². The summed E-state index contributed by atoms with van der Waals surface area (Å²) in [6.45, 7) is 0. The number of nitrogens with two attached hydrogens (primary N) is 1. The second-order valence-corrected chi connectivity index (χ2v) is 3.07. The predicted octanol–water partition coefficient (Wildman–Crippen LogP) is 0.605. The van der Waals surface area contributed by atoms with Crippen LogP contribution in [0.5, 0.6) is 0 Å². The fourth-order valence-electron chi connectivity index (χ4n) is 1.08. The largest absolute Gasteiger partial charge is 0.397 e. The van der Waals surface area contributed by atoms with Gasteiger partial charge in [0.1, 0.15) is 11.5 Å². The number of allylic oxidation sites excluding steroid dienone is 1. The molecule has 1 unspecified atom stereocenters. The zero-order valence-corrected chi connectivity index (χ0v) is 7.60. The van der Waals surface area contributed by atoms with Gasteiger partial charge in [0.15, 0.2) is 0 Å². The average Bonchev–Trinajstić information content (AvgIpc) is 2.08. The fourth-order valence-corrected chi connectivity index (χ4v) is 1.29. The quantitative estimate of drug-likeness (QED) is 0.540. The molecule has 76 valence electrons. The molecule has 0 saturated carbocycles. The number of rotatable bonds is 2. The maximum Gasteiger partial charge on any atom is 0.274 e. The Balaban J connectivity index is 3.07. The van der Waals surface area contributed by atoms with Gasteiger partial charge < -0.3 is 5.73 Å². The molecule has 0 fully saturated rings. The topological polar surface area (TPSA) is 112 Å². The molecule has 0 amide bonds. The normalized spacial score (nSPS) is 21.8. The van der Waals surface area contributed by atoms with E-state index < -0.39 is 21.6 Å². The van der Waals surface area contributed by atoms with Crippen LogP contribution in [-0.2, 0) is 0 Å². The van der Waals surface area contributed by atoms with Gasteiger partial charge in [0.2, 0.25) is 6.04 Å². The molecule has 1 atom stereocenters. The zero-order valence-electron chi connectivity index (χ0n) is 6.84. The van der Waals surface area contributed by atoms with Crippen molar-refractivity contribution in [2.75, 3.05) is 0 Å². The Hall–Kier alpha value is -1.63. The first-order valence-corrected chi connectivity index (χ1v) is 3.95. The molecule has 8 heteroatoms. The minimum absolute atomic E-state index is 0.119. The van der Waals surface area contributed by atoms with E-state index in [0.717, 1.165) is 6.08 Å². The summed E-state index contributed by atoms with van der Waals surface area (Å²) in [7, 11) is 0. The van der Waals surface area contributed by atoms with Gasteiger partial charge in [-0.1, -0.05) is 11.6 Å². The number of hydrogen-bond donors (Lipinski definition) is 1. The Labute approximate surface area is 83.1 Å². The lowest BCUT2D eigenvalue weighted by atomic mass is 10.0.